The zero-order valence-corrected chi connectivity index (χ0v) is 14.5. The van der Waals surface area contributed by atoms with Crippen LogP contribution in [-0.4, -0.2) is 37.7 Å². The van der Waals surface area contributed by atoms with Crippen molar-refractivity contribution in [3.63, 3.8) is 0 Å². The van der Waals surface area contributed by atoms with Gasteiger partial charge in [-0.1, -0.05) is 26.0 Å². The fourth-order valence-corrected chi connectivity index (χ4v) is 2.53. The summed E-state index contributed by atoms with van der Waals surface area (Å²) in [6.45, 7) is 14.0. The predicted octanol–water partition coefficient (Wildman–Crippen LogP) is 3.71. The molecule has 1 atom stereocenters. The topological polar surface area (TPSA) is 24.5 Å². The molecule has 0 amide bonds. The SMILES string of the molecule is CCOc1ccc(C(CN(CC(C)C)C(C)C)NC)cc1. The van der Waals surface area contributed by atoms with Crippen LogP contribution in [0.5, 0.6) is 5.75 Å². The molecule has 0 fully saturated rings. The summed E-state index contributed by atoms with van der Waals surface area (Å²) >= 11 is 0. The highest BCUT2D eigenvalue weighted by Gasteiger charge is 2.17. The molecule has 1 unspecified atom stereocenters. The van der Waals surface area contributed by atoms with Crippen molar-refractivity contribution < 1.29 is 4.74 Å². The van der Waals surface area contributed by atoms with Gasteiger partial charge in [0.25, 0.3) is 0 Å². The summed E-state index contributed by atoms with van der Waals surface area (Å²) in [5, 5.41) is 3.45. The standard InChI is InChI=1S/C18H32N2O/c1-7-21-17-10-8-16(9-11-17)18(19-6)13-20(15(4)5)12-14(2)3/h8-11,14-15,18-19H,7,12-13H2,1-6H3. The Balaban J connectivity index is 2.76. The van der Waals surface area contributed by atoms with E-state index in [1.54, 1.807) is 0 Å². The maximum absolute atomic E-state index is 5.52. The molecule has 0 heterocycles. The van der Waals surface area contributed by atoms with E-state index in [0.717, 1.165) is 18.8 Å². The summed E-state index contributed by atoms with van der Waals surface area (Å²) < 4.78 is 5.52. The molecule has 0 bridgehead atoms. The number of nitrogens with one attached hydrogen (secondary N) is 1. The lowest BCUT2D eigenvalue weighted by atomic mass is 10.0. The second-order valence-corrected chi connectivity index (χ2v) is 6.28. The van der Waals surface area contributed by atoms with Crippen molar-refractivity contribution in [1.82, 2.24) is 10.2 Å². The first-order valence-corrected chi connectivity index (χ1v) is 8.12. The third-order valence-electron chi connectivity index (χ3n) is 3.69. The summed E-state index contributed by atoms with van der Waals surface area (Å²) in [4.78, 5) is 2.54. The second kappa shape index (κ2) is 9.06. The molecular formula is C18H32N2O. The normalized spacial score (nSPS) is 13.2. The van der Waals surface area contributed by atoms with Gasteiger partial charge in [-0.15, -0.1) is 0 Å². The third kappa shape index (κ3) is 6.06. The van der Waals surface area contributed by atoms with Crippen molar-refractivity contribution in [1.29, 1.82) is 0 Å². The van der Waals surface area contributed by atoms with Crippen LogP contribution in [0, 0.1) is 5.92 Å². The number of hydrogen-bond donors (Lipinski definition) is 1. The molecule has 1 aromatic rings. The molecule has 0 aliphatic carbocycles. The number of hydrogen-bond acceptors (Lipinski definition) is 3. The zero-order valence-electron chi connectivity index (χ0n) is 14.5. The van der Waals surface area contributed by atoms with E-state index < -0.39 is 0 Å². The maximum atomic E-state index is 5.52. The molecule has 0 aromatic heterocycles. The van der Waals surface area contributed by atoms with Crippen LogP contribution in [0.25, 0.3) is 0 Å². The number of nitrogens with zero attached hydrogens (tertiary/aromatic N) is 1. The van der Waals surface area contributed by atoms with Crippen LogP contribution in [0.15, 0.2) is 24.3 Å². The van der Waals surface area contributed by atoms with E-state index >= 15 is 0 Å². The molecule has 1 N–H and O–H groups in total. The van der Waals surface area contributed by atoms with Crippen molar-refractivity contribution in [2.24, 2.45) is 5.92 Å². The Morgan fingerprint density at radius 1 is 1.05 bits per heavy atom. The predicted molar refractivity (Wildman–Crippen MR) is 91.0 cm³/mol. The first-order valence-electron chi connectivity index (χ1n) is 8.12. The lowest BCUT2D eigenvalue weighted by Gasteiger charge is -2.32. The minimum Gasteiger partial charge on any atom is -0.494 e. The van der Waals surface area contributed by atoms with Gasteiger partial charge in [-0.2, -0.15) is 0 Å². The van der Waals surface area contributed by atoms with Crippen molar-refractivity contribution >= 4 is 0 Å². The van der Waals surface area contributed by atoms with Crippen LogP contribution < -0.4 is 10.1 Å². The Bertz CT molecular complexity index is 387. The number of rotatable bonds is 9. The molecule has 0 aliphatic rings. The molecule has 0 aliphatic heterocycles. The van der Waals surface area contributed by atoms with Gasteiger partial charge in [-0.25, -0.2) is 0 Å². The minimum atomic E-state index is 0.349. The van der Waals surface area contributed by atoms with Gasteiger partial charge < -0.3 is 10.1 Å². The third-order valence-corrected chi connectivity index (χ3v) is 3.69. The van der Waals surface area contributed by atoms with Gasteiger partial charge in [0.2, 0.25) is 0 Å². The first kappa shape index (κ1) is 18.0. The van der Waals surface area contributed by atoms with Crippen LogP contribution in [0.4, 0.5) is 0 Å². The van der Waals surface area contributed by atoms with Crippen molar-refractivity contribution in [2.45, 2.75) is 46.7 Å². The van der Waals surface area contributed by atoms with Gasteiger partial charge in [0.15, 0.2) is 0 Å². The van der Waals surface area contributed by atoms with Gasteiger partial charge in [0.1, 0.15) is 5.75 Å². The molecule has 0 saturated carbocycles. The van der Waals surface area contributed by atoms with Crippen LogP contribution in [0.3, 0.4) is 0 Å². The highest BCUT2D eigenvalue weighted by molar-refractivity contribution is 5.29. The van der Waals surface area contributed by atoms with Gasteiger partial charge in [0.05, 0.1) is 6.61 Å². The summed E-state index contributed by atoms with van der Waals surface area (Å²) in [5.41, 5.74) is 1.32. The fourth-order valence-electron chi connectivity index (χ4n) is 2.53. The molecule has 120 valence electrons. The Kier molecular flexibility index (Phi) is 7.76. The highest BCUT2D eigenvalue weighted by atomic mass is 16.5. The van der Waals surface area contributed by atoms with Gasteiger partial charge in [-0.05, 0) is 51.4 Å². The smallest absolute Gasteiger partial charge is 0.119 e. The van der Waals surface area contributed by atoms with Gasteiger partial charge in [-0.3, -0.25) is 4.90 Å². The van der Waals surface area contributed by atoms with Crippen molar-refractivity contribution in [3.8, 4) is 5.75 Å². The summed E-state index contributed by atoms with van der Waals surface area (Å²) in [6, 6.07) is 9.37. The van der Waals surface area contributed by atoms with E-state index in [2.05, 4.69) is 62.2 Å². The zero-order chi connectivity index (χ0) is 15.8. The Morgan fingerprint density at radius 3 is 2.10 bits per heavy atom. The molecule has 3 nitrogen and oxygen atoms in total. The molecule has 1 aromatic carbocycles. The Morgan fingerprint density at radius 2 is 1.67 bits per heavy atom. The lowest BCUT2D eigenvalue weighted by molar-refractivity contribution is 0.179. The van der Waals surface area contributed by atoms with E-state index in [-0.39, 0.29) is 0 Å². The molecular weight excluding hydrogens is 260 g/mol. The fraction of sp³-hybridized carbons (Fsp3) is 0.667. The van der Waals surface area contributed by atoms with Crippen LogP contribution in [-0.2, 0) is 0 Å². The van der Waals surface area contributed by atoms with Crippen LogP contribution in [0.1, 0.15) is 46.2 Å². The first-order chi connectivity index (χ1) is 9.97. The number of ether oxygens (including phenoxy) is 1. The highest BCUT2D eigenvalue weighted by Crippen LogP contribution is 2.20. The van der Waals surface area contributed by atoms with E-state index in [1.165, 1.54) is 5.56 Å². The van der Waals surface area contributed by atoms with Crippen molar-refractivity contribution in [2.75, 3.05) is 26.7 Å². The van der Waals surface area contributed by atoms with E-state index in [0.29, 0.717) is 24.6 Å². The summed E-state index contributed by atoms with van der Waals surface area (Å²) in [6.07, 6.45) is 0. The Hall–Kier alpha value is -1.06. The van der Waals surface area contributed by atoms with Gasteiger partial charge in [0, 0.05) is 25.2 Å². The average Bonchev–Trinajstić information content (AvgIpc) is 2.44. The quantitative estimate of drug-likeness (QED) is 0.751. The second-order valence-electron chi connectivity index (χ2n) is 6.28. The summed E-state index contributed by atoms with van der Waals surface area (Å²) in [5.74, 6) is 1.63. The van der Waals surface area contributed by atoms with Crippen LogP contribution in [0.2, 0.25) is 0 Å². The molecule has 0 radical (unpaired) electrons. The molecule has 0 spiro atoms. The maximum Gasteiger partial charge on any atom is 0.119 e. The lowest BCUT2D eigenvalue weighted by Crippen LogP contribution is -2.40. The average molecular weight is 292 g/mol. The largest absolute Gasteiger partial charge is 0.494 e. The van der Waals surface area contributed by atoms with Gasteiger partial charge >= 0.3 is 0 Å². The van der Waals surface area contributed by atoms with Crippen molar-refractivity contribution in [3.05, 3.63) is 29.8 Å². The number of likely N-dealkylation sites (N-methyl/N-ethyl adjacent to an activating group) is 1. The van der Waals surface area contributed by atoms with E-state index in [4.69, 9.17) is 4.74 Å². The minimum absolute atomic E-state index is 0.349. The van der Waals surface area contributed by atoms with E-state index in [1.807, 2.05) is 14.0 Å². The molecule has 0 saturated heterocycles. The molecule has 3 heteroatoms. The molecule has 1 rings (SSSR count). The van der Waals surface area contributed by atoms with E-state index in [9.17, 15) is 0 Å². The van der Waals surface area contributed by atoms with Crippen LogP contribution >= 0.6 is 0 Å². The molecule has 21 heavy (non-hydrogen) atoms. The monoisotopic (exact) mass is 292 g/mol. The Labute approximate surface area is 130 Å². The summed E-state index contributed by atoms with van der Waals surface area (Å²) in [7, 11) is 2.04. The number of benzene rings is 1.